The van der Waals surface area contributed by atoms with Crippen LogP contribution < -0.4 is 0 Å². The lowest BCUT2D eigenvalue weighted by Gasteiger charge is -2.13. The minimum Gasteiger partial charge on any atom is -0.388 e. The van der Waals surface area contributed by atoms with E-state index in [1.807, 2.05) is 0 Å². The maximum absolute atomic E-state index is 10.3. The summed E-state index contributed by atoms with van der Waals surface area (Å²) in [5, 5.41) is 10.3. The molecule has 0 saturated carbocycles. The Morgan fingerprint density at radius 1 is 1.00 bits per heavy atom. The van der Waals surface area contributed by atoms with Crippen LogP contribution in [0.3, 0.4) is 0 Å². The van der Waals surface area contributed by atoms with Crippen LogP contribution in [0, 0.1) is 5.92 Å². The van der Waals surface area contributed by atoms with Gasteiger partial charge in [-0.15, -0.1) is 0 Å². The third-order valence-corrected chi connectivity index (χ3v) is 3.81. The summed E-state index contributed by atoms with van der Waals surface area (Å²) in [4.78, 5) is 0. The van der Waals surface area contributed by atoms with Crippen LogP contribution in [0.1, 0.15) is 82.9 Å². The molecule has 0 fully saturated rings. The van der Waals surface area contributed by atoms with E-state index in [0.717, 1.165) is 24.8 Å². The maximum atomic E-state index is 10.3. The second kappa shape index (κ2) is 9.99. The van der Waals surface area contributed by atoms with Gasteiger partial charge in [0.1, 0.15) is 0 Å². The number of hydrogen-bond donors (Lipinski definition) is 1. The van der Waals surface area contributed by atoms with Crippen LogP contribution in [0.15, 0.2) is 24.3 Å². The van der Waals surface area contributed by atoms with Crippen LogP contribution in [0.4, 0.5) is 0 Å². The molecular formula is C19H32O. The summed E-state index contributed by atoms with van der Waals surface area (Å²) in [6, 6.07) is 8.49. The van der Waals surface area contributed by atoms with Crippen molar-refractivity contribution in [3.05, 3.63) is 35.4 Å². The predicted octanol–water partition coefficient (Wildman–Crippen LogP) is 5.67. The molecule has 1 rings (SSSR count). The molecule has 0 aliphatic carbocycles. The van der Waals surface area contributed by atoms with Crippen molar-refractivity contribution in [3.8, 4) is 0 Å². The van der Waals surface area contributed by atoms with Crippen LogP contribution in [0.5, 0.6) is 0 Å². The minimum absolute atomic E-state index is 0.284. The molecule has 20 heavy (non-hydrogen) atoms. The molecule has 1 nitrogen and oxygen atoms in total. The van der Waals surface area contributed by atoms with Crippen LogP contribution in [0.2, 0.25) is 0 Å². The molecule has 1 N–H and O–H groups in total. The molecule has 1 aromatic carbocycles. The molecule has 114 valence electrons. The van der Waals surface area contributed by atoms with E-state index in [2.05, 4.69) is 45.0 Å². The first kappa shape index (κ1) is 17.2. The number of benzene rings is 1. The third-order valence-electron chi connectivity index (χ3n) is 3.81. The highest BCUT2D eigenvalue weighted by molar-refractivity contribution is 5.25. The van der Waals surface area contributed by atoms with E-state index >= 15 is 0 Å². The molecule has 0 heterocycles. The monoisotopic (exact) mass is 276 g/mol. The first-order valence-electron chi connectivity index (χ1n) is 8.40. The predicted molar refractivity (Wildman–Crippen MR) is 87.9 cm³/mol. The van der Waals surface area contributed by atoms with Gasteiger partial charge in [-0.25, -0.2) is 0 Å². The van der Waals surface area contributed by atoms with Crippen LogP contribution in [-0.4, -0.2) is 5.11 Å². The Kier molecular flexibility index (Phi) is 8.60. The topological polar surface area (TPSA) is 20.2 Å². The van der Waals surface area contributed by atoms with Gasteiger partial charge >= 0.3 is 0 Å². The fraction of sp³-hybridized carbons (Fsp3) is 0.684. The van der Waals surface area contributed by atoms with Crippen molar-refractivity contribution in [1.82, 2.24) is 0 Å². The summed E-state index contributed by atoms with van der Waals surface area (Å²) < 4.78 is 0. The Morgan fingerprint density at radius 3 is 2.40 bits per heavy atom. The molecule has 0 bridgehead atoms. The number of unbranched alkanes of at least 4 members (excludes halogenated alkanes) is 5. The fourth-order valence-corrected chi connectivity index (χ4v) is 2.68. The molecule has 0 aromatic heterocycles. The van der Waals surface area contributed by atoms with Crippen LogP contribution in [-0.2, 0) is 6.42 Å². The Morgan fingerprint density at radius 2 is 1.70 bits per heavy atom. The van der Waals surface area contributed by atoms with Crippen molar-refractivity contribution < 1.29 is 5.11 Å². The summed E-state index contributed by atoms with van der Waals surface area (Å²) in [6.07, 6.45) is 9.40. The molecule has 0 aliphatic heterocycles. The van der Waals surface area contributed by atoms with E-state index in [0.29, 0.717) is 5.92 Å². The van der Waals surface area contributed by atoms with E-state index in [-0.39, 0.29) is 6.10 Å². The normalized spacial score (nSPS) is 12.8. The molecule has 0 amide bonds. The Hall–Kier alpha value is -0.820. The Labute approximate surface area is 125 Å². The van der Waals surface area contributed by atoms with Crippen LogP contribution >= 0.6 is 0 Å². The first-order valence-corrected chi connectivity index (χ1v) is 8.40. The minimum atomic E-state index is -0.284. The standard InChI is InChI=1S/C19H32O/c1-4-5-6-7-8-9-13-19(20)18-12-10-11-17(15-18)14-16(2)3/h10-12,15-16,19-20H,4-9,13-14H2,1-3H3. The lowest BCUT2D eigenvalue weighted by molar-refractivity contribution is 0.163. The summed E-state index contributed by atoms with van der Waals surface area (Å²) in [5.74, 6) is 0.668. The summed E-state index contributed by atoms with van der Waals surface area (Å²) in [6.45, 7) is 6.71. The average Bonchev–Trinajstić information content (AvgIpc) is 2.42. The third kappa shape index (κ3) is 7.09. The van der Waals surface area contributed by atoms with Gasteiger partial charge in [-0.3, -0.25) is 0 Å². The van der Waals surface area contributed by atoms with Crippen LogP contribution in [0.25, 0.3) is 0 Å². The second-order valence-corrected chi connectivity index (χ2v) is 6.42. The zero-order valence-electron chi connectivity index (χ0n) is 13.6. The van der Waals surface area contributed by atoms with Crippen molar-refractivity contribution in [2.45, 2.75) is 78.2 Å². The summed E-state index contributed by atoms with van der Waals surface area (Å²) in [5.41, 5.74) is 2.44. The van der Waals surface area contributed by atoms with Gasteiger partial charge in [0.15, 0.2) is 0 Å². The van der Waals surface area contributed by atoms with Gasteiger partial charge in [0, 0.05) is 0 Å². The van der Waals surface area contributed by atoms with E-state index in [1.54, 1.807) is 0 Å². The fourth-order valence-electron chi connectivity index (χ4n) is 2.68. The van der Waals surface area contributed by atoms with Gasteiger partial charge in [-0.1, -0.05) is 83.6 Å². The van der Waals surface area contributed by atoms with Gasteiger partial charge in [0.2, 0.25) is 0 Å². The number of rotatable bonds is 10. The quantitative estimate of drug-likeness (QED) is 0.546. The lowest BCUT2D eigenvalue weighted by atomic mass is 9.97. The van der Waals surface area contributed by atoms with E-state index < -0.39 is 0 Å². The Bertz CT molecular complexity index is 357. The molecule has 1 aromatic rings. The van der Waals surface area contributed by atoms with Gasteiger partial charge in [-0.05, 0) is 29.9 Å². The molecule has 0 saturated heterocycles. The van der Waals surface area contributed by atoms with Crippen molar-refractivity contribution in [3.63, 3.8) is 0 Å². The molecule has 1 unspecified atom stereocenters. The molecular weight excluding hydrogens is 244 g/mol. The van der Waals surface area contributed by atoms with Crippen molar-refractivity contribution >= 4 is 0 Å². The highest BCUT2D eigenvalue weighted by Gasteiger charge is 2.08. The molecule has 0 radical (unpaired) electrons. The van der Waals surface area contributed by atoms with Crippen molar-refractivity contribution in [2.75, 3.05) is 0 Å². The smallest absolute Gasteiger partial charge is 0.0790 e. The zero-order chi connectivity index (χ0) is 14.8. The van der Waals surface area contributed by atoms with Gasteiger partial charge < -0.3 is 5.11 Å². The molecule has 0 spiro atoms. The van der Waals surface area contributed by atoms with E-state index in [1.165, 1.54) is 37.7 Å². The largest absolute Gasteiger partial charge is 0.388 e. The van der Waals surface area contributed by atoms with Gasteiger partial charge in [0.05, 0.1) is 6.10 Å². The zero-order valence-corrected chi connectivity index (χ0v) is 13.6. The number of aliphatic hydroxyl groups is 1. The van der Waals surface area contributed by atoms with E-state index in [4.69, 9.17) is 0 Å². The van der Waals surface area contributed by atoms with Crippen molar-refractivity contribution in [2.24, 2.45) is 5.92 Å². The van der Waals surface area contributed by atoms with Crippen molar-refractivity contribution in [1.29, 1.82) is 0 Å². The van der Waals surface area contributed by atoms with Gasteiger partial charge in [0.25, 0.3) is 0 Å². The summed E-state index contributed by atoms with van der Waals surface area (Å²) >= 11 is 0. The highest BCUT2D eigenvalue weighted by atomic mass is 16.3. The second-order valence-electron chi connectivity index (χ2n) is 6.42. The highest BCUT2D eigenvalue weighted by Crippen LogP contribution is 2.22. The molecule has 1 heteroatoms. The number of aliphatic hydroxyl groups excluding tert-OH is 1. The molecule has 0 aliphatic rings. The summed E-state index contributed by atoms with van der Waals surface area (Å²) in [7, 11) is 0. The first-order chi connectivity index (χ1) is 9.63. The number of hydrogen-bond acceptors (Lipinski definition) is 1. The average molecular weight is 276 g/mol. The maximum Gasteiger partial charge on any atom is 0.0790 e. The molecule has 1 atom stereocenters. The SMILES string of the molecule is CCCCCCCCC(O)c1cccc(CC(C)C)c1. The van der Waals surface area contributed by atoms with Gasteiger partial charge in [-0.2, -0.15) is 0 Å². The lowest BCUT2D eigenvalue weighted by Crippen LogP contribution is -2.00. The van der Waals surface area contributed by atoms with E-state index in [9.17, 15) is 5.11 Å². The Balaban J connectivity index is 2.33.